The third-order valence-electron chi connectivity index (χ3n) is 2.80. The Morgan fingerprint density at radius 3 is 2.31 bits per heavy atom. The number of hydrogen-bond acceptors (Lipinski definition) is 3. The van der Waals surface area contributed by atoms with Crippen molar-refractivity contribution in [1.82, 2.24) is 0 Å². The number of carbonyl (C=O) groups is 1. The molecule has 0 saturated heterocycles. The van der Waals surface area contributed by atoms with Gasteiger partial charge in [-0.3, -0.25) is 4.79 Å². The first-order chi connectivity index (χ1) is 7.51. The van der Waals surface area contributed by atoms with Crippen molar-refractivity contribution in [3.05, 3.63) is 28.8 Å². The number of aryl methyl sites for hydroxylation is 2. The van der Waals surface area contributed by atoms with Gasteiger partial charge in [-0.05, 0) is 43.5 Å². The van der Waals surface area contributed by atoms with Crippen LogP contribution in [0.25, 0.3) is 0 Å². The number of ether oxygens (including phenoxy) is 2. The molecule has 16 heavy (non-hydrogen) atoms. The van der Waals surface area contributed by atoms with Gasteiger partial charge in [0.2, 0.25) is 0 Å². The van der Waals surface area contributed by atoms with Crippen molar-refractivity contribution in [3.63, 3.8) is 0 Å². The van der Waals surface area contributed by atoms with Crippen molar-refractivity contribution in [2.45, 2.75) is 26.7 Å². The summed E-state index contributed by atoms with van der Waals surface area (Å²) in [6, 6.07) is 3.93. The third-order valence-corrected chi connectivity index (χ3v) is 2.80. The van der Waals surface area contributed by atoms with E-state index in [4.69, 9.17) is 9.47 Å². The van der Waals surface area contributed by atoms with Crippen LogP contribution in [0.15, 0.2) is 12.1 Å². The minimum Gasteiger partial charge on any atom is -0.496 e. The molecule has 0 N–H and O–H groups in total. The molecule has 0 saturated carbocycles. The summed E-state index contributed by atoms with van der Waals surface area (Å²) in [6.45, 7) is 5.78. The number of esters is 1. The van der Waals surface area contributed by atoms with Crippen LogP contribution in [0, 0.1) is 13.8 Å². The van der Waals surface area contributed by atoms with Gasteiger partial charge in [0.05, 0.1) is 20.1 Å². The lowest BCUT2D eigenvalue weighted by molar-refractivity contribution is -0.142. The van der Waals surface area contributed by atoms with Gasteiger partial charge in [0.1, 0.15) is 5.75 Å². The fourth-order valence-corrected chi connectivity index (χ4v) is 1.80. The average Bonchev–Trinajstić information content (AvgIpc) is 2.29. The standard InChI is InChI=1S/C13H18O3/c1-8-7-12(15-4)9(2)6-11(8)10(3)13(14)16-5/h6-7,10H,1-5H3. The molecular formula is C13H18O3. The van der Waals surface area contributed by atoms with Gasteiger partial charge in [-0.15, -0.1) is 0 Å². The molecular weight excluding hydrogens is 204 g/mol. The van der Waals surface area contributed by atoms with Crippen LogP contribution in [0.3, 0.4) is 0 Å². The van der Waals surface area contributed by atoms with Gasteiger partial charge in [-0.2, -0.15) is 0 Å². The lowest BCUT2D eigenvalue weighted by Gasteiger charge is -2.15. The van der Waals surface area contributed by atoms with Gasteiger partial charge in [0.15, 0.2) is 0 Å². The maximum Gasteiger partial charge on any atom is 0.312 e. The first kappa shape index (κ1) is 12.6. The van der Waals surface area contributed by atoms with E-state index in [0.29, 0.717) is 0 Å². The van der Waals surface area contributed by atoms with Gasteiger partial charge in [0.25, 0.3) is 0 Å². The molecule has 1 unspecified atom stereocenters. The van der Waals surface area contributed by atoms with Crippen molar-refractivity contribution in [3.8, 4) is 5.75 Å². The molecule has 1 aromatic rings. The van der Waals surface area contributed by atoms with Crippen LogP contribution in [-0.4, -0.2) is 20.2 Å². The smallest absolute Gasteiger partial charge is 0.312 e. The summed E-state index contributed by atoms with van der Waals surface area (Å²) in [6.07, 6.45) is 0. The molecule has 0 aliphatic heterocycles. The number of carbonyl (C=O) groups excluding carboxylic acids is 1. The molecule has 0 aliphatic carbocycles. The first-order valence-electron chi connectivity index (χ1n) is 5.24. The zero-order valence-electron chi connectivity index (χ0n) is 10.5. The topological polar surface area (TPSA) is 35.5 Å². The SMILES string of the molecule is COC(=O)C(C)c1cc(C)c(OC)cc1C. The van der Waals surface area contributed by atoms with E-state index in [1.54, 1.807) is 7.11 Å². The van der Waals surface area contributed by atoms with Gasteiger partial charge >= 0.3 is 5.97 Å². The minimum absolute atomic E-state index is 0.215. The molecule has 0 aromatic heterocycles. The van der Waals surface area contributed by atoms with Crippen LogP contribution < -0.4 is 4.74 Å². The normalized spacial score (nSPS) is 12.1. The summed E-state index contributed by atoms with van der Waals surface area (Å²) in [7, 11) is 3.05. The Balaban J connectivity index is 3.15. The summed E-state index contributed by atoms with van der Waals surface area (Å²) in [5.41, 5.74) is 3.06. The molecule has 0 amide bonds. The molecule has 1 aromatic carbocycles. The van der Waals surface area contributed by atoms with E-state index in [9.17, 15) is 4.79 Å². The van der Waals surface area contributed by atoms with E-state index in [-0.39, 0.29) is 11.9 Å². The second-order valence-corrected chi connectivity index (χ2v) is 3.92. The highest BCUT2D eigenvalue weighted by molar-refractivity contribution is 5.78. The Labute approximate surface area is 96.4 Å². The van der Waals surface area contributed by atoms with Crippen molar-refractivity contribution in [2.75, 3.05) is 14.2 Å². The Kier molecular flexibility index (Phi) is 3.93. The Bertz CT molecular complexity index is 396. The van der Waals surface area contributed by atoms with Crippen LogP contribution in [0.5, 0.6) is 5.75 Å². The Morgan fingerprint density at radius 2 is 1.81 bits per heavy atom. The third kappa shape index (κ3) is 2.35. The van der Waals surface area contributed by atoms with E-state index in [1.807, 2.05) is 32.9 Å². The summed E-state index contributed by atoms with van der Waals surface area (Å²) in [4.78, 5) is 11.5. The van der Waals surface area contributed by atoms with Gasteiger partial charge in [-0.1, -0.05) is 6.07 Å². The lowest BCUT2D eigenvalue weighted by Crippen LogP contribution is -2.12. The Hall–Kier alpha value is -1.51. The quantitative estimate of drug-likeness (QED) is 0.737. The van der Waals surface area contributed by atoms with Gasteiger partial charge in [-0.25, -0.2) is 0 Å². The van der Waals surface area contributed by atoms with Crippen LogP contribution in [0.4, 0.5) is 0 Å². The molecule has 1 rings (SSSR count). The summed E-state index contributed by atoms with van der Waals surface area (Å²) < 4.78 is 9.98. The van der Waals surface area contributed by atoms with Crippen molar-refractivity contribution in [2.24, 2.45) is 0 Å². The number of rotatable bonds is 3. The molecule has 88 valence electrons. The van der Waals surface area contributed by atoms with Crippen LogP contribution in [0.1, 0.15) is 29.5 Å². The highest BCUT2D eigenvalue weighted by atomic mass is 16.5. The minimum atomic E-state index is -0.241. The van der Waals surface area contributed by atoms with E-state index in [2.05, 4.69) is 0 Å². The number of hydrogen-bond donors (Lipinski definition) is 0. The van der Waals surface area contributed by atoms with E-state index in [1.165, 1.54) is 7.11 Å². The first-order valence-corrected chi connectivity index (χ1v) is 5.24. The fourth-order valence-electron chi connectivity index (χ4n) is 1.80. The monoisotopic (exact) mass is 222 g/mol. The zero-order chi connectivity index (χ0) is 12.3. The number of methoxy groups -OCH3 is 2. The number of benzene rings is 1. The van der Waals surface area contributed by atoms with Crippen LogP contribution in [0.2, 0.25) is 0 Å². The Morgan fingerprint density at radius 1 is 1.19 bits per heavy atom. The summed E-state index contributed by atoms with van der Waals surface area (Å²) >= 11 is 0. The largest absolute Gasteiger partial charge is 0.496 e. The summed E-state index contributed by atoms with van der Waals surface area (Å²) in [5, 5.41) is 0. The average molecular weight is 222 g/mol. The van der Waals surface area contributed by atoms with Gasteiger partial charge < -0.3 is 9.47 Å². The lowest BCUT2D eigenvalue weighted by atomic mass is 9.94. The maximum atomic E-state index is 11.5. The second kappa shape index (κ2) is 5.01. The molecule has 0 fully saturated rings. The van der Waals surface area contributed by atoms with Crippen molar-refractivity contribution < 1.29 is 14.3 Å². The molecule has 0 aliphatic rings. The molecule has 0 spiro atoms. The van der Waals surface area contributed by atoms with E-state index < -0.39 is 0 Å². The van der Waals surface area contributed by atoms with Crippen molar-refractivity contribution >= 4 is 5.97 Å². The maximum absolute atomic E-state index is 11.5. The highest BCUT2D eigenvalue weighted by Crippen LogP contribution is 2.28. The highest BCUT2D eigenvalue weighted by Gasteiger charge is 2.18. The molecule has 0 bridgehead atoms. The van der Waals surface area contributed by atoms with Crippen LogP contribution >= 0.6 is 0 Å². The van der Waals surface area contributed by atoms with E-state index in [0.717, 1.165) is 22.4 Å². The predicted molar refractivity (Wildman–Crippen MR) is 62.9 cm³/mol. The molecule has 3 heteroatoms. The van der Waals surface area contributed by atoms with Crippen LogP contribution in [-0.2, 0) is 9.53 Å². The van der Waals surface area contributed by atoms with Crippen molar-refractivity contribution in [1.29, 1.82) is 0 Å². The molecule has 3 nitrogen and oxygen atoms in total. The molecule has 0 radical (unpaired) electrons. The zero-order valence-corrected chi connectivity index (χ0v) is 10.5. The second-order valence-electron chi connectivity index (χ2n) is 3.92. The molecule has 0 heterocycles. The van der Waals surface area contributed by atoms with Gasteiger partial charge in [0, 0.05) is 0 Å². The van der Waals surface area contributed by atoms with E-state index >= 15 is 0 Å². The predicted octanol–water partition coefficient (Wildman–Crippen LogP) is 2.59. The molecule has 1 atom stereocenters. The summed E-state index contributed by atoms with van der Waals surface area (Å²) in [5.74, 6) is 0.389. The fraction of sp³-hybridized carbons (Fsp3) is 0.462.